The molecule has 1 aromatic heterocycles. The molecule has 20 heavy (non-hydrogen) atoms. The Hall–Kier alpha value is -1.29. The summed E-state index contributed by atoms with van der Waals surface area (Å²) in [5.74, 6) is 1.33. The Kier molecular flexibility index (Phi) is 4.86. The molecule has 0 aliphatic rings. The molecule has 0 aliphatic carbocycles. The van der Waals surface area contributed by atoms with Crippen molar-refractivity contribution in [2.45, 2.75) is 0 Å². The molecule has 0 radical (unpaired) electrons. The van der Waals surface area contributed by atoms with Crippen molar-refractivity contribution in [2.75, 3.05) is 7.11 Å². The summed E-state index contributed by atoms with van der Waals surface area (Å²) in [5.41, 5.74) is 0.306. The van der Waals surface area contributed by atoms with Gasteiger partial charge in [-0.3, -0.25) is 0 Å². The maximum Gasteiger partial charge on any atom is 0.239 e. The molecule has 0 N–H and O–H groups in total. The summed E-state index contributed by atoms with van der Waals surface area (Å²) >= 11 is 12.8. The van der Waals surface area contributed by atoms with Gasteiger partial charge in [-0.15, -0.1) is 0 Å². The smallest absolute Gasteiger partial charge is 0.239 e. The molecule has 102 valence electrons. The van der Waals surface area contributed by atoms with E-state index >= 15 is 0 Å². The molecule has 0 bridgehead atoms. The van der Waals surface area contributed by atoms with Crippen LogP contribution in [0.2, 0.25) is 5.02 Å². The van der Waals surface area contributed by atoms with Gasteiger partial charge in [-0.2, -0.15) is 5.26 Å². The van der Waals surface area contributed by atoms with Gasteiger partial charge in [-0.25, -0.2) is 4.98 Å². The topological polar surface area (TPSA) is 55.1 Å². The predicted octanol–water partition coefficient (Wildman–Crippen LogP) is 4.93. The lowest BCUT2D eigenvalue weighted by Crippen LogP contribution is -1.93. The van der Waals surface area contributed by atoms with Gasteiger partial charge in [0.05, 0.1) is 21.6 Å². The number of nitriles is 1. The highest BCUT2D eigenvalue weighted by atomic mass is 79.9. The molecule has 0 atom stereocenters. The van der Waals surface area contributed by atoms with Crippen molar-refractivity contribution in [1.29, 1.82) is 5.26 Å². The van der Waals surface area contributed by atoms with Gasteiger partial charge < -0.3 is 9.47 Å². The molecule has 2 aromatic rings. The predicted molar refractivity (Wildman–Crippen MR) is 82.4 cm³/mol. The van der Waals surface area contributed by atoms with E-state index in [0.717, 1.165) is 4.47 Å². The Balaban J connectivity index is 2.41. The minimum absolute atomic E-state index is 0.170. The van der Waals surface area contributed by atoms with E-state index in [1.807, 2.05) is 6.07 Å². The first-order valence-corrected chi connectivity index (χ1v) is 7.28. The van der Waals surface area contributed by atoms with Crippen LogP contribution in [-0.2, 0) is 0 Å². The number of nitrogens with zero attached hydrogens (tertiary/aromatic N) is 2. The standard InChI is InChI=1S/C13H7Br2ClN2O2/c1-19-10-4-9(15)11(5-8(10)14)20-13-12(16)7(6-17)2-3-18-13/h2-5H,1H3. The monoisotopic (exact) mass is 416 g/mol. The zero-order valence-electron chi connectivity index (χ0n) is 10.2. The average molecular weight is 418 g/mol. The maximum atomic E-state index is 8.92. The Morgan fingerprint density at radius 2 is 1.90 bits per heavy atom. The number of hydrogen-bond donors (Lipinski definition) is 0. The molecule has 4 nitrogen and oxygen atoms in total. The summed E-state index contributed by atoms with van der Waals surface area (Å²) in [6.07, 6.45) is 1.46. The second kappa shape index (κ2) is 6.44. The minimum Gasteiger partial charge on any atom is -0.496 e. The van der Waals surface area contributed by atoms with Gasteiger partial charge in [0, 0.05) is 6.20 Å². The zero-order valence-corrected chi connectivity index (χ0v) is 14.1. The highest BCUT2D eigenvalue weighted by molar-refractivity contribution is 9.11. The van der Waals surface area contributed by atoms with E-state index in [-0.39, 0.29) is 10.9 Å². The lowest BCUT2D eigenvalue weighted by Gasteiger charge is -2.11. The first-order valence-electron chi connectivity index (χ1n) is 5.32. The number of rotatable bonds is 3. The van der Waals surface area contributed by atoms with Gasteiger partial charge in [0.2, 0.25) is 5.88 Å². The van der Waals surface area contributed by atoms with Crippen molar-refractivity contribution in [3.8, 4) is 23.4 Å². The van der Waals surface area contributed by atoms with E-state index in [2.05, 4.69) is 36.8 Å². The van der Waals surface area contributed by atoms with Crippen LogP contribution in [0.3, 0.4) is 0 Å². The number of halogens is 3. The molecule has 0 saturated carbocycles. The van der Waals surface area contributed by atoms with E-state index in [1.54, 1.807) is 19.2 Å². The van der Waals surface area contributed by atoms with Crippen molar-refractivity contribution >= 4 is 43.5 Å². The Morgan fingerprint density at radius 3 is 2.55 bits per heavy atom. The summed E-state index contributed by atoms with van der Waals surface area (Å²) in [7, 11) is 1.57. The second-order valence-corrected chi connectivity index (χ2v) is 5.70. The lowest BCUT2D eigenvalue weighted by molar-refractivity contribution is 0.408. The summed E-state index contributed by atoms with van der Waals surface area (Å²) in [4.78, 5) is 4.02. The molecule has 0 amide bonds. The molecule has 0 aliphatic heterocycles. The lowest BCUT2D eigenvalue weighted by atomic mass is 10.3. The minimum atomic E-state index is 0.170. The van der Waals surface area contributed by atoms with Crippen LogP contribution in [0.5, 0.6) is 17.4 Å². The van der Waals surface area contributed by atoms with Crippen LogP contribution in [0, 0.1) is 11.3 Å². The third-order valence-electron chi connectivity index (χ3n) is 2.39. The molecule has 1 aromatic carbocycles. The Labute approximate surface area is 137 Å². The normalized spacial score (nSPS) is 9.95. The van der Waals surface area contributed by atoms with Crippen molar-refractivity contribution in [1.82, 2.24) is 4.98 Å². The number of benzene rings is 1. The first kappa shape index (κ1) is 15.1. The second-order valence-electron chi connectivity index (χ2n) is 3.61. The number of pyridine rings is 1. The van der Waals surface area contributed by atoms with E-state index < -0.39 is 0 Å². The highest BCUT2D eigenvalue weighted by Gasteiger charge is 2.13. The average Bonchev–Trinajstić information content (AvgIpc) is 2.44. The maximum absolute atomic E-state index is 8.92. The first-order chi connectivity index (χ1) is 9.56. The van der Waals surface area contributed by atoms with Gasteiger partial charge in [0.25, 0.3) is 0 Å². The van der Waals surface area contributed by atoms with Gasteiger partial charge in [-0.05, 0) is 50.1 Å². The summed E-state index contributed by atoms with van der Waals surface area (Å²) in [6, 6.07) is 6.97. The quantitative estimate of drug-likeness (QED) is 0.709. The fourth-order valence-electron chi connectivity index (χ4n) is 1.43. The Bertz CT molecular complexity index is 702. The molecule has 1 heterocycles. The number of methoxy groups -OCH3 is 1. The molecular weight excluding hydrogens is 411 g/mol. The van der Waals surface area contributed by atoms with Crippen molar-refractivity contribution < 1.29 is 9.47 Å². The van der Waals surface area contributed by atoms with E-state index in [9.17, 15) is 0 Å². The molecule has 0 fully saturated rings. The largest absolute Gasteiger partial charge is 0.496 e. The SMILES string of the molecule is COc1cc(Br)c(Oc2nccc(C#N)c2Cl)cc1Br. The molecule has 0 unspecified atom stereocenters. The molecular formula is C13H7Br2ClN2O2. The van der Waals surface area contributed by atoms with Crippen molar-refractivity contribution in [3.63, 3.8) is 0 Å². The summed E-state index contributed by atoms with van der Waals surface area (Å²) in [5, 5.41) is 9.10. The van der Waals surface area contributed by atoms with Crippen LogP contribution in [0.1, 0.15) is 5.56 Å². The number of aromatic nitrogens is 1. The van der Waals surface area contributed by atoms with Crippen LogP contribution in [0.15, 0.2) is 33.3 Å². The van der Waals surface area contributed by atoms with Gasteiger partial charge in [0.1, 0.15) is 22.6 Å². The van der Waals surface area contributed by atoms with Gasteiger partial charge in [0.15, 0.2) is 0 Å². The zero-order chi connectivity index (χ0) is 14.7. The highest BCUT2D eigenvalue weighted by Crippen LogP contribution is 2.39. The number of hydrogen-bond acceptors (Lipinski definition) is 4. The third-order valence-corrected chi connectivity index (χ3v) is 4.00. The van der Waals surface area contributed by atoms with Crippen LogP contribution in [0.4, 0.5) is 0 Å². The van der Waals surface area contributed by atoms with Crippen LogP contribution < -0.4 is 9.47 Å². The molecule has 0 spiro atoms. The van der Waals surface area contributed by atoms with Crippen LogP contribution in [0.25, 0.3) is 0 Å². The molecule has 2 rings (SSSR count). The van der Waals surface area contributed by atoms with Gasteiger partial charge in [-0.1, -0.05) is 11.6 Å². The van der Waals surface area contributed by atoms with E-state index in [0.29, 0.717) is 21.5 Å². The summed E-state index contributed by atoms with van der Waals surface area (Å²) < 4.78 is 12.2. The fourth-order valence-corrected chi connectivity index (χ4v) is 2.51. The Morgan fingerprint density at radius 1 is 1.25 bits per heavy atom. The van der Waals surface area contributed by atoms with E-state index in [1.165, 1.54) is 12.3 Å². The summed E-state index contributed by atoms with van der Waals surface area (Å²) in [6.45, 7) is 0. The van der Waals surface area contributed by atoms with Crippen molar-refractivity contribution in [2.24, 2.45) is 0 Å². The molecule has 7 heteroatoms. The van der Waals surface area contributed by atoms with Crippen molar-refractivity contribution in [3.05, 3.63) is 43.9 Å². The van der Waals surface area contributed by atoms with Crippen LogP contribution in [-0.4, -0.2) is 12.1 Å². The third kappa shape index (κ3) is 3.06. The van der Waals surface area contributed by atoms with Gasteiger partial charge >= 0.3 is 0 Å². The van der Waals surface area contributed by atoms with Crippen LogP contribution >= 0.6 is 43.5 Å². The fraction of sp³-hybridized carbons (Fsp3) is 0.0769. The van der Waals surface area contributed by atoms with E-state index in [4.69, 9.17) is 26.3 Å². The number of ether oxygens (including phenoxy) is 2. The molecule has 0 saturated heterocycles.